The van der Waals surface area contributed by atoms with Crippen LogP contribution in [0.2, 0.25) is 5.02 Å². The fraction of sp³-hybridized carbons (Fsp3) is 0.167. The van der Waals surface area contributed by atoms with Gasteiger partial charge in [-0.1, -0.05) is 23.7 Å². The van der Waals surface area contributed by atoms with Crippen molar-refractivity contribution in [3.05, 3.63) is 77.7 Å². The molecule has 188 valence electrons. The quantitative estimate of drug-likeness (QED) is 0.401. The van der Waals surface area contributed by atoms with Gasteiger partial charge in [-0.3, -0.25) is 24.2 Å². The highest BCUT2D eigenvalue weighted by Crippen LogP contribution is 2.18. The van der Waals surface area contributed by atoms with Crippen molar-refractivity contribution in [3.63, 3.8) is 0 Å². The minimum atomic E-state index is -1.09. The van der Waals surface area contributed by atoms with Gasteiger partial charge < -0.3 is 20.9 Å². The van der Waals surface area contributed by atoms with E-state index in [1.54, 1.807) is 36.7 Å². The molecule has 1 aromatic carbocycles. The minimum absolute atomic E-state index is 0. The molecule has 0 fully saturated rings. The number of pyridine rings is 2. The van der Waals surface area contributed by atoms with Crippen LogP contribution in [-0.2, 0) is 14.4 Å². The lowest BCUT2D eigenvalue weighted by Gasteiger charge is -2.22. The van der Waals surface area contributed by atoms with E-state index < -0.39 is 29.7 Å². The van der Waals surface area contributed by atoms with Crippen LogP contribution in [0, 0.1) is 0 Å². The monoisotopic (exact) mass is 530 g/mol. The summed E-state index contributed by atoms with van der Waals surface area (Å²) in [5.74, 6) is -2.79. The highest BCUT2D eigenvalue weighted by molar-refractivity contribution is 6.39. The Hall–Kier alpha value is -4.02. The summed E-state index contributed by atoms with van der Waals surface area (Å²) in [5, 5.41) is 7.67. The second kappa shape index (κ2) is 13.2. The van der Waals surface area contributed by atoms with Gasteiger partial charge in [-0.15, -0.1) is 12.4 Å². The summed E-state index contributed by atoms with van der Waals surface area (Å²) in [6.07, 6.45) is 4.67. The number of likely N-dealkylation sites (N-methyl/N-ethyl adjacent to an activating group) is 1. The van der Waals surface area contributed by atoms with Crippen molar-refractivity contribution in [1.82, 2.24) is 25.5 Å². The standard InChI is InChI=1S/C24H23ClN6O4.ClH/c1-31(2)24(35)19(14-28-22(33)23(34)30-20-8-7-18(25)13-27-20)29-21(32)17-5-3-15(4-6-17)16-9-11-26-12-10-16;/h3-13,19H,14H2,1-2H3,(H,28,33)(H,29,32)(H,27,30,34);1H/t19-;/m0./s1. The van der Waals surface area contributed by atoms with E-state index >= 15 is 0 Å². The number of nitrogens with zero attached hydrogens (tertiary/aromatic N) is 3. The number of halogens is 2. The largest absolute Gasteiger partial charge is 0.347 e. The molecule has 36 heavy (non-hydrogen) atoms. The molecule has 0 unspecified atom stereocenters. The van der Waals surface area contributed by atoms with Gasteiger partial charge in [-0.2, -0.15) is 0 Å². The fourth-order valence-electron chi connectivity index (χ4n) is 3.01. The normalized spacial score (nSPS) is 10.9. The summed E-state index contributed by atoms with van der Waals surface area (Å²) in [4.78, 5) is 58.8. The van der Waals surface area contributed by atoms with Crippen molar-refractivity contribution in [1.29, 1.82) is 0 Å². The van der Waals surface area contributed by atoms with E-state index in [-0.39, 0.29) is 24.8 Å². The molecule has 0 saturated carbocycles. The minimum Gasteiger partial charge on any atom is -0.347 e. The molecule has 0 radical (unpaired) electrons. The van der Waals surface area contributed by atoms with Gasteiger partial charge >= 0.3 is 11.8 Å². The second-order valence-electron chi connectivity index (χ2n) is 7.60. The van der Waals surface area contributed by atoms with Crippen molar-refractivity contribution in [3.8, 4) is 11.1 Å². The van der Waals surface area contributed by atoms with Crippen LogP contribution in [0.5, 0.6) is 0 Å². The Morgan fingerprint density at radius 3 is 2.14 bits per heavy atom. The molecule has 4 amide bonds. The van der Waals surface area contributed by atoms with Crippen molar-refractivity contribution in [2.45, 2.75) is 6.04 Å². The molecule has 0 bridgehead atoms. The van der Waals surface area contributed by atoms with Gasteiger partial charge in [0.15, 0.2) is 0 Å². The van der Waals surface area contributed by atoms with Crippen LogP contribution in [0.3, 0.4) is 0 Å². The Kier molecular flexibility index (Phi) is 10.3. The average molecular weight is 531 g/mol. The van der Waals surface area contributed by atoms with E-state index in [1.807, 2.05) is 12.1 Å². The van der Waals surface area contributed by atoms with E-state index in [9.17, 15) is 19.2 Å². The van der Waals surface area contributed by atoms with Crippen LogP contribution in [0.25, 0.3) is 11.1 Å². The number of nitrogens with one attached hydrogen (secondary N) is 3. The summed E-state index contributed by atoms with van der Waals surface area (Å²) in [6.45, 7) is -0.294. The highest BCUT2D eigenvalue weighted by atomic mass is 35.5. The molecule has 0 aliphatic carbocycles. The lowest BCUT2D eigenvalue weighted by molar-refractivity contribution is -0.136. The topological polar surface area (TPSA) is 133 Å². The molecule has 2 heterocycles. The van der Waals surface area contributed by atoms with Gasteiger partial charge in [-0.05, 0) is 47.5 Å². The summed E-state index contributed by atoms with van der Waals surface area (Å²) < 4.78 is 0. The van der Waals surface area contributed by atoms with E-state index in [0.29, 0.717) is 10.6 Å². The number of anilines is 1. The summed E-state index contributed by atoms with van der Waals surface area (Å²) in [5.41, 5.74) is 2.18. The molecule has 0 saturated heterocycles. The van der Waals surface area contributed by atoms with Crippen LogP contribution >= 0.6 is 24.0 Å². The first kappa shape index (κ1) is 28.2. The molecular formula is C24H24Cl2N6O4. The Bertz CT molecular complexity index is 1210. The van der Waals surface area contributed by atoms with Gasteiger partial charge in [0.05, 0.1) is 5.02 Å². The van der Waals surface area contributed by atoms with Gasteiger partial charge in [0.2, 0.25) is 5.91 Å². The van der Waals surface area contributed by atoms with Crippen LogP contribution < -0.4 is 16.0 Å². The Morgan fingerprint density at radius 2 is 1.56 bits per heavy atom. The number of rotatable bonds is 7. The highest BCUT2D eigenvalue weighted by Gasteiger charge is 2.25. The average Bonchev–Trinajstić information content (AvgIpc) is 2.87. The van der Waals surface area contributed by atoms with E-state index in [4.69, 9.17) is 11.6 Å². The van der Waals surface area contributed by atoms with Crippen LogP contribution in [0.15, 0.2) is 67.1 Å². The molecule has 3 rings (SSSR count). The second-order valence-corrected chi connectivity index (χ2v) is 8.03. The van der Waals surface area contributed by atoms with Crippen molar-refractivity contribution >= 4 is 53.5 Å². The predicted molar refractivity (Wildman–Crippen MR) is 138 cm³/mol. The maximum atomic E-state index is 12.8. The molecule has 1 atom stereocenters. The third-order valence-corrected chi connectivity index (χ3v) is 5.07. The Morgan fingerprint density at radius 1 is 0.917 bits per heavy atom. The maximum Gasteiger partial charge on any atom is 0.314 e. The fourth-order valence-corrected chi connectivity index (χ4v) is 3.12. The molecule has 0 aliphatic heterocycles. The maximum absolute atomic E-state index is 12.8. The van der Waals surface area contributed by atoms with Gasteiger partial charge in [0.25, 0.3) is 5.91 Å². The van der Waals surface area contributed by atoms with Crippen molar-refractivity contribution in [2.24, 2.45) is 0 Å². The van der Waals surface area contributed by atoms with Crippen LogP contribution in [0.1, 0.15) is 10.4 Å². The lowest BCUT2D eigenvalue weighted by Crippen LogP contribution is -2.53. The lowest BCUT2D eigenvalue weighted by atomic mass is 10.0. The zero-order valence-corrected chi connectivity index (χ0v) is 21.0. The van der Waals surface area contributed by atoms with Gasteiger partial charge in [-0.25, -0.2) is 4.98 Å². The first-order chi connectivity index (χ1) is 16.7. The molecule has 3 N–H and O–H groups in total. The molecule has 2 aromatic heterocycles. The van der Waals surface area contributed by atoms with Crippen molar-refractivity contribution < 1.29 is 19.2 Å². The van der Waals surface area contributed by atoms with E-state index in [1.165, 1.54) is 37.3 Å². The molecule has 0 aliphatic rings. The predicted octanol–water partition coefficient (Wildman–Crippen LogP) is 2.16. The summed E-state index contributed by atoms with van der Waals surface area (Å²) in [6, 6.07) is 12.4. The first-order valence-corrected chi connectivity index (χ1v) is 10.9. The molecule has 10 nitrogen and oxygen atoms in total. The number of aromatic nitrogens is 2. The number of benzene rings is 1. The Balaban J connectivity index is 0.00000456. The zero-order valence-electron chi connectivity index (χ0n) is 19.4. The molecule has 3 aromatic rings. The molecule has 12 heteroatoms. The van der Waals surface area contributed by atoms with E-state index in [2.05, 4.69) is 25.9 Å². The zero-order chi connectivity index (χ0) is 25.4. The van der Waals surface area contributed by atoms with Crippen LogP contribution in [0.4, 0.5) is 5.82 Å². The smallest absolute Gasteiger partial charge is 0.314 e. The van der Waals surface area contributed by atoms with Crippen LogP contribution in [-0.4, -0.2) is 65.2 Å². The third-order valence-electron chi connectivity index (χ3n) is 4.85. The summed E-state index contributed by atoms with van der Waals surface area (Å²) in [7, 11) is 3.04. The first-order valence-electron chi connectivity index (χ1n) is 10.5. The van der Waals surface area contributed by atoms with Crippen molar-refractivity contribution in [2.75, 3.05) is 26.0 Å². The van der Waals surface area contributed by atoms with E-state index in [0.717, 1.165) is 11.1 Å². The Labute approximate surface area is 218 Å². The number of hydrogen-bond acceptors (Lipinski definition) is 6. The molecular weight excluding hydrogens is 507 g/mol. The third kappa shape index (κ3) is 7.76. The molecule has 0 spiro atoms. The number of amides is 4. The van der Waals surface area contributed by atoms with Gasteiger partial charge in [0.1, 0.15) is 11.9 Å². The van der Waals surface area contributed by atoms with Gasteiger partial charge in [0, 0.05) is 44.8 Å². The number of carbonyl (C=O) groups excluding carboxylic acids is 4. The summed E-state index contributed by atoms with van der Waals surface area (Å²) >= 11 is 5.74. The SMILES string of the molecule is CN(C)C(=O)[C@H](CNC(=O)C(=O)Nc1ccc(Cl)cn1)NC(=O)c1ccc(-c2ccncc2)cc1.Cl. The number of hydrogen-bond donors (Lipinski definition) is 3. The number of carbonyl (C=O) groups is 4.